The van der Waals surface area contributed by atoms with Gasteiger partial charge in [0.15, 0.2) is 0 Å². The summed E-state index contributed by atoms with van der Waals surface area (Å²) in [5.41, 5.74) is 0.890. The van der Waals surface area contributed by atoms with Crippen LogP contribution < -0.4 is 5.32 Å². The van der Waals surface area contributed by atoms with E-state index in [1.54, 1.807) is 6.20 Å². The van der Waals surface area contributed by atoms with Gasteiger partial charge in [0.25, 0.3) is 0 Å². The summed E-state index contributed by atoms with van der Waals surface area (Å²) in [5.74, 6) is 0.532. The molecule has 0 spiro atoms. The van der Waals surface area contributed by atoms with E-state index in [2.05, 4.69) is 27.1 Å². The van der Waals surface area contributed by atoms with E-state index < -0.39 is 0 Å². The lowest BCUT2D eigenvalue weighted by atomic mass is 10.1. The summed E-state index contributed by atoms with van der Waals surface area (Å²) in [6, 6.07) is 0.428. The summed E-state index contributed by atoms with van der Waals surface area (Å²) >= 11 is 0. The first-order chi connectivity index (χ1) is 8.83. The van der Waals surface area contributed by atoms with Crippen molar-refractivity contribution in [3.05, 3.63) is 12.4 Å². The molecule has 1 aromatic rings. The van der Waals surface area contributed by atoms with Crippen LogP contribution in [0, 0.1) is 0 Å². The molecule has 0 saturated carbocycles. The molecule has 1 aliphatic rings. The highest BCUT2D eigenvalue weighted by atomic mass is 16.5. The van der Waals surface area contributed by atoms with Gasteiger partial charge in [-0.3, -0.25) is 9.67 Å². The largest absolute Gasteiger partial charge is 0.381 e. The maximum Gasteiger partial charge on any atom is 0.221 e. The fourth-order valence-corrected chi connectivity index (χ4v) is 1.96. The summed E-state index contributed by atoms with van der Waals surface area (Å²) in [6.07, 6.45) is 5.78. The van der Waals surface area contributed by atoms with E-state index in [1.807, 2.05) is 17.8 Å². The highest BCUT2D eigenvalue weighted by Crippen LogP contribution is 2.21. The van der Waals surface area contributed by atoms with Gasteiger partial charge in [0, 0.05) is 26.0 Å². The Morgan fingerprint density at radius 2 is 2.39 bits per heavy atom. The summed E-state index contributed by atoms with van der Waals surface area (Å²) in [7, 11) is 0. The van der Waals surface area contributed by atoms with Crippen molar-refractivity contribution in [2.75, 3.05) is 25.1 Å². The molecule has 0 aromatic carbocycles. The third-order valence-corrected chi connectivity index (χ3v) is 2.88. The standard InChI is InChI=1S/C12H19N5O/c1-3-14-12(13-2)16-10-8-15-17(9-10)11-4-6-18-7-5-11/h8-9,11H,2-7H2,1H3,(H,14,16). The summed E-state index contributed by atoms with van der Waals surface area (Å²) in [5, 5.41) is 7.46. The molecule has 18 heavy (non-hydrogen) atoms. The first kappa shape index (κ1) is 12.8. The maximum atomic E-state index is 5.34. The molecule has 2 heterocycles. The number of ether oxygens (including phenoxy) is 1. The van der Waals surface area contributed by atoms with Crippen LogP contribution in [-0.2, 0) is 4.74 Å². The monoisotopic (exact) mass is 249 g/mol. The molecular weight excluding hydrogens is 230 g/mol. The summed E-state index contributed by atoms with van der Waals surface area (Å²) in [4.78, 5) is 8.01. The van der Waals surface area contributed by atoms with E-state index in [9.17, 15) is 0 Å². The minimum absolute atomic E-state index is 0.428. The summed E-state index contributed by atoms with van der Waals surface area (Å²) < 4.78 is 7.33. The average molecular weight is 249 g/mol. The number of hydrogen-bond acceptors (Lipinski definition) is 3. The minimum atomic E-state index is 0.428. The third kappa shape index (κ3) is 3.16. The predicted molar refractivity (Wildman–Crippen MR) is 72.5 cm³/mol. The smallest absolute Gasteiger partial charge is 0.221 e. The van der Waals surface area contributed by atoms with Crippen molar-refractivity contribution in [1.82, 2.24) is 9.78 Å². The zero-order valence-corrected chi connectivity index (χ0v) is 10.7. The second-order valence-electron chi connectivity index (χ2n) is 4.13. The molecule has 1 saturated heterocycles. The lowest BCUT2D eigenvalue weighted by Crippen LogP contribution is -2.19. The topological polar surface area (TPSA) is 63.8 Å². The highest BCUT2D eigenvalue weighted by molar-refractivity contribution is 5.96. The van der Waals surface area contributed by atoms with Crippen molar-refractivity contribution in [1.29, 1.82) is 0 Å². The molecule has 6 nitrogen and oxygen atoms in total. The number of hydrogen-bond donors (Lipinski definition) is 1. The minimum Gasteiger partial charge on any atom is -0.381 e. The van der Waals surface area contributed by atoms with Crippen molar-refractivity contribution in [3.63, 3.8) is 0 Å². The van der Waals surface area contributed by atoms with Crippen LogP contribution in [-0.4, -0.2) is 42.2 Å². The number of nitrogens with zero attached hydrogens (tertiary/aromatic N) is 4. The second-order valence-corrected chi connectivity index (χ2v) is 4.13. The molecule has 0 unspecified atom stereocenters. The number of nitrogens with one attached hydrogen (secondary N) is 1. The van der Waals surface area contributed by atoms with Gasteiger partial charge in [0.05, 0.1) is 17.9 Å². The molecule has 0 radical (unpaired) electrons. The van der Waals surface area contributed by atoms with Gasteiger partial charge in [-0.1, -0.05) is 0 Å². The zero-order valence-electron chi connectivity index (χ0n) is 10.7. The molecule has 6 heteroatoms. The maximum absolute atomic E-state index is 5.34. The first-order valence-electron chi connectivity index (χ1n) is 6.23. The van der Waals surface area contributed by atoms with Crippen LogP contribution in [0.3, 0.4) is 0 Å². The van der Waals surface area contributed by atoms with Crippen LogP contribution in [0.2, 0.25) is 0 Å². The van der Waals surface area contributed by atoms with Gasteiger partial charge in [-0.05, 0) is 26.5 Å². The summed E-state index contributed by atoms with van der Waals surface area (Å²) in [6.45, 7) is 7.74. The third-order valence-electron chi connectivity index (χ3n) is 2.88. The SMILES string of the molecule is C=NC(=NCC)Nc1cnn(C2CCOCC2)c1. The van der Waals surface area contributed by atoms with E-state index in [1.165, 1.54) is 0 Å². The molecule has 0 bridgehead atoms. The molecule has 1 aromatic heterocycles. The van der Waals surface area contributed by atoms with Gasteiger partial charge in [0.1, 0.15) is 0 Å². The van der Waals surface area contributed by atoms with Crippen molar-refractivity contribution < 1.29 is 4.74 Å². The van der Waals surface area contributed by atoms with E-state index in [0.29, 0.717) is 18.5 Å². The molecule has 1 aliphatic heterocycles. The van der Waals surface area contributed by atoms with Crippen molar-refractivity contribution in [2.45, 2.75) is 25.8 Å². The van der Waals surface area contributed by atoms with Crippen LogP contribution >= 0.6 is 0 Å². The van der Waals surface area contributed by atoms with E-state index in [4.69, 9.17) is 4.74 Å². The van der Waals surface area contributed by atoms with Crippen LogP contribution in [0.4, 0.5) is 5.69 Å². The Kier molecular flexibility index (Phi) is 4.46. The average Bonchev–Trinajstić information content (AvgIpc) is 2.88. The van der Waals surface area contributed by atoms with Crippen LogP contribution in [0.1, 0.15) is 25.8 Å². The molecule has 0 atom stereocenters. The lowest BCUT2D eigenvalue weighted by molar-refractivity contribution is 0.0662. The molecule has 2 rings (SSSR count). The Bertz CT molecular complexity index is 420. The Balaban J connectivity index is 2.01. The Morgan fingerprint density at radius 1 is 1.61 bits per heavy atom. The van der Waals surface area contributed by atoms with Gasteiger partial charge < -0.3 is 10.1 Å². The van der Waals surface area contributed by atoms with E-state index in [0.717, 1.165) is 31.7 Å². The van der Waals surface area contributed by atoms with Crippen molar-refractivity contribution in [3.8, 4) is 0 Å². The first-order valence-corrected chi connectivity index (χ1v) is 6.23. The number of aliphatic imine (C=N–C) groups is 2. The highest BCUT2D eigenvalue weighted by Gasteiger charge is 2.16. The van der Waals surface area contributed by atoms with Crippen LogP contribution in [0.15, 0.2) is 22.4 Å². The van der Waals surface area contributed by atoms with Gasteiger partial charge in [0.2, 0.25) is 5.96 Å². The van der Waals surface area contributed by atoms with E-state index >= 15 is 0 Å². The molecule has 98 valence electrons. The Hall–Kier alpha value is -1.69. The molecule has 0 amide bonds. The Morgan fingerprint density at radius 3 is 3.06 bits per heavy atom. The second kappa shape index (κ2) is 6.30. The van der Waals surface area contributed by atoms with Gasteiger partial charge in [-0.15, -0.1) is 0 Å². The fraction of sp³-hybridized carbons (Fsp3) is 0.583. The molecule has 0 aliphatic carbocycles. The molecule has 1 fully saturated rings. The van der Waals surface area contributed by atoms with Gasteiger partial charge >= 0.3 is 0 Å². The number of aromatic nitrogens is 2. The van der Waals surface area contributed by atoms with Crippen molar-refractivity contribution >= 4 is 18.4 Å². The fourth-order valence-electron chi connectivity index (χ4n) is 1.96. The lowest BCUT2D eigenvalue weighted by Gasteiger charge is -2.22. The predicted octanol–water partition coefficient (Wildman–Crippen LogP) is 1.72. The number of anilines is 1. The van der Waals surface area contributed by atoms with Crippen LogP contribution in [0.5, 0.6) is 0 Å². The van der Waals surface area contributed by atoms with Gasteiger partial charge in [-0.2, -0.15) is 5.10 Å². The normalized spacial score (nSPS) is 17.7. The van der Waals surface area contributed by atoms with Gasteiger partial charge in [-0.25, -0.2) is 4.99 Å². The molecule has 1 N–H and O–H groups in total. The molecular formula is C12H19N5O. The number of guanidine groups is 1. The van der Waals surface area contributed by atoms with E-state index in [-0.39, 0.29) is 0 Å². The van der Waals surface area contributed by atoms with Crippen LogP contribution in [0.25, 0.3) is 0 Å². The quantitative estimate of drug-likeness (QED) is 0.655. The van der Waals surface area contributed by atoms with Crippen molar-refractivity contribution in [2.24, 2.45) is 9.98 Å². The zero-order chi connectivity index (χ0) is 12.8. The number of rotatable bonds is 3. The Labute approximate surface area is 107 Å².